The Morgan fingerprint density at radius 2 is 0.641 bits per heavy atom. The number of hydrogen-bond donors (Lipinski definition) is 0. The van der Waals surface area contributed by atoms with Crippen molar-refractivity contribution in [1.29, 1.82) is 0 Å². The van der Waals surface area contributed by atoms with Crippen molar-refractivity contribution >= 4 is 94.2 Å². The maximum absolute atomic E-state index is 5.33. The van der Waals surface area contributed by atoms with Crippen molar-refractivity contribution in [2.75, 3.05) is 0 Å². The molecule has 0 bridgehead atoms. The fourth-order valence-electron chi connectivity index (χ4n) is 10.5. The summed E-state index contributed by atoms with van der Waals surface area (Å²) in [6.45, 7) is 0. The Kier molecular flexibility index (Phi) is 8.13. The van der Waals surface area contributed by atoms with E-state index in [0.717, 1.165) is 49.3 Å². The first-order valence-corrected chi connectivity index (χ1v) is 23.7. The molecule has 6 nitrogen and oxygen atoms in total. The highest BCUT2D eigenvalue weighted by Gasteiger charge is 2.41. The Hall–Kier alpha value is -8.39. The smallest absolute Gasteiger partial charge is 0.239 e. The topological polar surface area (TPSA) is 53.5 Å². The zero-order chi connectivity index (χ0) is 42.2. The Bertz CT molecular complexity index is 3760. The summed E-state index contributed by atoms with van der Waals surface area (Å²) < 4.78 is 6.75. The van der Waals surface area contributed by atoms with Gasteiger partial charge in [-0.3, -0.25) is 9.13 Å². The molecule has 0 radical (unpaired) electrons. The molecule has 0 spiro atoms. The number of benzene rings is 9. The minimum atomic E-state index is -2.78. The van der Waals surface area contributed by atoms with Gasteiger partial charge in [0.25, 0.3) is 0 Å². The summed E-state index contributed by atoms with van der Waals surface area (Å²) >= 11 is 0. The molecular formula is C57H38N6Si. The van der Waals surface area contributed by atoms with E-state index in [4.69, 9.17) is 15.0 Å². The minimum Gasteiger partial charge on any atom is -0.309 e. The predicted octanol–water partition coefficient (Wildman–Crippen LogP) is 10.5. The third-order valence-electron chi connectivity index (χ3n) is 13.2. The minimum absolute atomic E-state index is 0.562. The number of para-hydroxylation sites is 4. The molecule has 0 amide bonds. The fourth-order valence-corrected chi connectivity index (χ4v) is 15.3. The first-order valence-electron chi connectivity index (χ1n) is 21.7. The predicted molar refractivity (Wildman–Crippen MR) is 266 cm³/mol. The maximum atomic E-state index is 5.33. The van der Waals surface area contributed by atoms with Crippen molar-refractivity contribution in [2.45, 2.75) is 0 Å². The van der Waals surface area contributed by atoms with Crippen LogP contribution in [0.3, 0.4) is 0 Å². The van der Waals surface area contributed by atoms with Crippen LogP contribution < -0.4 is 20.7 Å². The van der Waals surface area contributed by atoms with Crippen molar-refractivity contribution in [3.8, 4) is 17.6 Å². The van der Waals surface area contributed by atoms with Crippen molar-refractivity contribution in [1.82, 2.24) is 28.7 Å². The molecule has 64 heavy (non-hydrogen) atoms. The lowest BCUT2D eigenvalue weighted by Crippen LogP contribution is -2.74. The third kappa shape index (κ3) is 5.28. The molecule has 0 atom stereocenters. The quantitative estimate of drug-likeness (QED) is 0.119. The van der Waals surface area contributed by atoms with E-state index in [-0.39, 0.29) is 0 Å². The van der Waals surface area contributed by atoms with E-state index in [1.807, 2.05) is 0 Å². The first kappa shape index (κ1) is 36.3. The first-order chi connectivity index (χ1) is 31.8. The molecule has 0 aliphatic heterocycles. The highest BCUT2D eigenvalue weighted by molar-refractivity contribution is 7.20. The van der Waals surface area contributed by atoms with Crippen LogP contribution in [0.25, 0.3) is 83.0 Å². The molecule has 9 aromatic carbocycles. The van der Waals surface area contributed by atoms with Crippen molar-refractivity contribution in [3.05, 3.63) is 231 Å². The van der Waals surface area contributed by atoms with Crippen LogP contribution in [0.4, 0.5) is 0 Å². The van der Waals surface area contributed by atoms with Crippen LogP contribution in [0, 0.1) is 0 Å². The zero-order valence-electron chi connectivity index (χ0n) is 34.6. The average molecular weight is 835 g/mol. The lowest BCUT2D eigenvalue weighted by molar-refractivity contribution is 0.886. The number of nitrogens with zero attached hydrogens (tertiary/aromatic N) is 6. The van der Waals surface area contributed by atoms with E-state index in [0.29, 0.717) is 11.9 Å². The standard InChI is InChI=1S/C57H38N6Si/c1-4-18-40(19-5-1)64(41-20-6-2-7-21-41,42-22-8-3-9-23-42)43-33-35-55-49(37-43)47-27-13-17-31-53(47)63(55)57-59-38-58-56(60-57)62-52-30-16-12-26-46(52)48-36-39(32-34-54(48)62)61-50-28-14-10-24-44(50)45-25-11-15-29-51(45)61/h1-38H. The van der Waals surface area contributed by atoms with Gasteiger partial charge in [0.1, 0.15) is 6.33 Å². The Balaban J connectivity index is 1.01. The number of aromatic nitrogens is 6. The van der Waals surface area contributed by atoms with E-state index in [1.165, 1.54) is 42.6 Å². The van der Waals surface area contributed by atoms with Crippen molar-refractivity contribution in [3.63, 3.8) is 0 Å². The van der Waals surface area contributed by atoms with Crippen LogP contribution in [-0.2, 0) is 0 Å². The van der Waals surface area contributed by atoms with Gasteiger partial charge in [0.15, 0.2) is 8.07 Å². The van der Waals surface area contributed by atoms with Crippen LogP contribution >= 0.6 is 0 Å². The Morgan fingerprint density at radius 3 is 1.11 bits per heavy atom. The largest absolute Gasteiger partial charge is 0.309 e. The third-order valence-corrected chi connectivity index (χ3v) is 17.9. The van der Waals surface area contributed by atoms with E-state index in [2.05, 4.69) is 238 Å². The van der Waals surface area contributed by atoms with Crippen LogP contribution in [-0.4, -0.2) is 36.7 Å². The molecule has 0 saturated heterocycles. The number of fused-ring (bicyclic) bond motifs is 9. The van der Waals surface area contributed by atoms with Gasteiger partial charge in [0.2, 0.25) is 11.9 Å². The summed E-state index contributed by atoms with van der Waals surface area (Å²) in [5, 5.41) is 12.4. The Labute approximate surface area is 369 Å². The van der Waals surface area contributed by atoms with Crippen LogP contribution in [0.15, 0.2) is 231 Å². The van der Waals surface area contributed by atoms with E-state index < -0.39 is 8.07 Å². The fraction of sp³-hybridized carbons (Fsp3) is 0. The Morgan fingerprint density at radius 1 is 0.281 bits per heavy atom. The molecule has 4 aromatic heterocycles. The second kappa shape index (κ2) is 14.3. The van der Waals surface area contributed by atoms with Crippen molar-refractivity contribution in [2.24, 2.45) is 0 Å². The normalized spacial score (nSPS) is 12.1. The molecule has 0 unspecified atom stereocenters. The van der Waals surface area contributed by atoms with Gasteiger partial charge in [-0.15, -0.1) is 0 Å². The summed E-state index contributed by atoms with van der Waals surface area (Å²) in [6.07, 6.45) is 1.65. The SMILES string of the molecule is c1ccc([Si](c2ccccc2)(c2ccccc2)c2ccc3c(c2)c2ccccc2n3-c2ncnc(-n3c4ccccc4c4cc(-n5c6ccccc6c6ccccc65)ccc43)n2)cc1. The van der Waals surface area contributed by atoms with Gasteiger partial charge < -0.3 is 4.57 Å². The highest BCUT2D eigenvalue weighted by Crippen LogP contribution is 2.37. The second-order valence-corrected chi connectivity index (χ2v) is 20.3. The van der Waals surface area contributed by atoms with Gasteiger partial charge in [-0.1, -0.05) is 176 Å². The van der Waals surface area contributed by atoms with Gasteiger partial charge in [0.05, 0.1) is 33.1 Å². The molecule has 0 N–H and O–H groups in total. The van der Waals surface area contributed by atoms with Crippen LogP contribution in [0.2, 0.25) is 0 Å². The summed E-state index contributed by atoms with van der Waals surface area (Å²) in [5.41, 5.74) is 7.60. The van der Waals surface area contributed by atoms with Gasteiger partial charge in [-0.2, -0.15) is 4.98 Å². The van der Waals surface area contributed by atoms with Gasteiger partial charge in [0, 0.05) is 38.0 Å². The molecule has 7 heteroatoms. The second-order valence-electron chi connectivity index (χ2n) is 16.4. The van der Waals surface area contributed by atoms with Gasteiger partial charge in [-0.05, 0) is 69.3 Å². The van der Waals surface area contributed by atoms with Gasteiger partial charge in [-0.25, -0.2) is 9.97 Å². The number of hydrogen-bond acceptors (Lipinski definition) is 3. The molecular weight excluding hydrogens is 797 g/mol. The van der Waals surface area contributed by atoms with Crippen LogP contribution in [0.1, 0.15) is 0 Å². The van der Waals surface area contributed by atoms with E-state index in [1.54, 1.807) is 6.33 Å². The lowest BCUT2D eigenvalue weighted by atomic mass is 10.1. The molecule has 0 aliphatic carbocycles. The maximum Gasteiger partial charge on any atom is 0.239 e. The highest BCUT2D eigenvalue weighted by atomic mass is 28.3. The number of rotatable bonds is 7. The molecule has 0 fully saturated rings. The molecule has 0 aliphatic rings. The van der Waals surface area contributed by atoms with Crippen LogP contribution in [0.5, 0.6) is 0 Å². The van der Waals surface area contributed by atoms with Gasteiger partial charge >= 0.3 is 0 Å². The summed E-state index contributed by atoms with van der Waals surface area (Å²) in [4.78, 5) is 15.1. The van der Waals surface area contributed by atoms with E-state index >= 15 is 0 Å². The zero-order valence-corrected chi connectivity index (χ0v) is 35.6. The molecule has 13 aromatic rings. The molecule has 4 heterocycles. The molecule has 300 valence electrons. The molecule has 0 saturated carbocycles. The molecule has 13 rings (SSSR count). The van der Waals surface area contributed by atoms with Crippen molar-refractivity contribution < 1.29 is 0 Å². The summed E-state index contributed by atoms with van der Waals surface area (Å²) in [5.74, 6) is 1.13. The van der Waals surface area contributed by atoms with E-state index in [9.17, 15) is 0 Å². The summed E-state index contributed by atoms with van der Waals surface area (Å²) in [7, 11) is -2.78. The summed E-state index contributed by atoms with van der Waals surface area (Å²) in [6, 6.07) is 81.5. The average Bonchev–Trinajstić information content (AvgIpc) is 4.01. The monoisotopic (exact) mass is 834 g/mol. The lowest BCUT2D eigenvalue weighted by Gasteiger charge is -2.34.